The summed E-state index contributed by atoms with van der Waals surface area (Å²) in [7, 11) is 1.38. The smallest absolute Gasteiger partial charge is 0.335 e. The number of rotatable bonds is 3. The maximum atomic E-state index is 11.9. The molecule has 1 amide bonds. The summed E-state index contributed by atoms with van der Waals surface area (Å²) in [5, 5.41) is 8.98. The van der Waals surface area contributed by atoms with E-state index in [1.165, 1.54) is 27.0 Å². The molecule has 1 heterocycles. The van der Waals surface area contributed by atoms with Crippen molar-refractivity contribution in [2.75, 3.05) is 7.05 Å². The molecule has 92 valence electrons. The van der Waals surface area contributed by atoms with Gasteiger partial charge in [0.25, 0.3) is 5.91 Å². The van der Waals surface area contributed by atoms with E-state index in [1.54, 1.807) is 0 Å². The van der Waals surface area contributed by atoms with Gasteiger partial charge in [0.05, 0.1) is 5.56 Å². The molecule has 0 aliphatic rings. The quantitative estimate of drug-likeness (QED) is 0.833. The van der Waals surface area contributed by atoms with Crippen LogP contribution >= 0.6 is 0 Å². The van der Waals surface area contributed by atoms with Crippen LogP contribution in [0.5, 0.6) is 0 Å². The number of carboxylic acids is 1. The molecule has 0 saturated carbocycles. The van der Waals surface area contributed by atoms with Crippen LogP contribution in [0.2, 0.25) is 0 Å². The van der Waals surface area contributed by atoms with Crippen LogP contribution in [-0.2, 0) is 4.79 Å². The minimum absolute atomic E-state index is 0.126. The van der Waals surface area contributed by atoms with Crippen LogP contribution < -0.4 is 5.63 Å². The monoisotopic (exact) mass is 239 g/mol. The summed E-state index contributed by atoms with van der Waals surface area (Å²) >= 11 is 0. The predicted molar refractivity (Wildman–Crippen MR) is 58.8 cm³/mol. The molecule has 17 heavy (non-hydrogen) atoms. The molecule has 0 aliphatic heterocycles. The first-order chi connectivity index (χ1) is 7.76. The van der Waals surface area contributed by atoms with E-state index in [-0.39, 0.29) is 5.56 Å². The zero-order valence-electron chi connectivity index (χ0n) is 9.76. The van der Waals surface area contributed by atoms with E-state index in [0.717, 1.165) is 17.2 Å². The van der Waals surface area contributed by atoms with Crippen LogP contribution in [0.15, 0.2) is 27.6 Å². The van der Waals surface area contributed by atoms with E-state index in [0.29, 0.717) is 0 Å². The maximum absolute atomic E-state index is 11.9. The normalized spacial score (nSPS) is 11.0. The standard InChI is InChI=1S/C11H13NO5/c1-11(2,10(15)16)12(3)9(14)7-4-5-8(13)17-6-7/h4-6H,1-3H3,(H,15,16). The Bertz CT molecular complexity index is 482. The van der Waals surface area contributed by atoms with Gasteiger partial charge in [-0.05, 0) is 19.9 Å². The van der Waals surface area contributed by atoms with E-state index in [9.17, 15) is 14.4 Å². The Morgan fingerprint density at radius 2 is 1.94 bits per heavy atom. The molecule has 6 nitrogen and oxygen atoms in total. The van der Waals surface area contributed by atoms with Crippen molar-refractivity contribution in [1.82, 2.24) is 4.90 Å². The van der Waals surface area contributed by atoms with Gasteiger partial charge in [0, 0.05) is 13.1 Å². The third-order valence-electron chi connectivity index (χ3n) is 2.61. The van der Waals surface area contributed by atoms with Crippen molar-refractivity contribution in [2.45, 2.75) is 19.4 Å². The highest BCUT2D eigenvalue weighted by Crippen LogP contribution is 2.15. The van der Waals surface area contributed by atoms with Gasteiger partial charge in [0.15, 0.2) is 0 Å². The summed E-state index contributed by atoms with van der Waals surface area (Å²) in [6.45, 7) is 2.82. The molecule has 0 bridgehead atoms. The van der Waals surface area contributed by atoms with Crippen LogP contribution in [0.4, 0.5) is 0 Å². The number of hydrogen-bond acceptors (Lipinski definition) is 4. The van der Waals surface area contributed by atoms with Gasteiger partial charge in [-0.25, -0.2) is 9.59 Å². The fraction of sp³-hybridized carbons (Fsp3) is 0.364. The fourth-order valence-electron chi connectivity index (χ4n) is 1.07. The summed E-state index contributed by atoms with van der Waals surface area (Å²) in [6.07, 6.45) is 1.01. The molecule has 0 spiro atoms. The minimum Gasteiger partial charge on any atom is -0.480 e. The number of aliphatic carboxylic acids is 1. The summed E-state index contributed by atoms with van der Waals surface area (Å²) < 4.78 is 4.55. The Morgan fingerprint density at radius 1 is 1.35 bits per heavy atom. The predicted octanol–water partition coefficient (Wildman–Crippen LogP) is 0.575. The topological polar surface area (TPSA) is 87.8 Å². The lowest BCUT2D eigenvalue weighted by molar-refractivity contribution is -0.147. The lowest BCUT2D eigenvalue weighted by Crippen LogP contribution is -2.50. The average Bonchev–Trinajstić information content (AvgIpc) is 2.27. The van der Waals surface area contributed by atoms with Crippen molar-refractivity contribution in [3.8, 4) is 0 Å². The van der Waals surface area contributed by atoms with E-state index in [1.807, 2.05) is 0 Å². The van der Waals surface area contributed by atoms with Crippen molar-refractivity contribution >= 4 is 11.9 Å². The third-order valence-corrected chi connectivity index (χ3v) is 2.61. The highest BCUT2D eigenvalue weighted by Gasteiger charge is 2.35. The molecule has 6 heteroatoms. The molecule has 0 unspecified atom stereocenters. The molecular formula is C11H13NO5. The van der Waals surface area contributed by atoms with Crippen molar-refractivity contribution < 1.29 is 19.1 Å². The fourth-order valence-corrected chi connectivity index (χ4v) is 1.07. The highest BCUT2D eigenvalue weighted by molar-refractivity contribution is 5.97. The van der Waals surface area contributed by atoms with Crippen LogP contribution in [0.1, 0.15) is 24.2 Å². The van der Waals surface area contributed by atoms with Crippen LogP contribution in [0.3, 0.4) is 0 Å². The maximum Gasteiger partial charge on any atom is 0.335 e. The largest absolute Gasteiger partial charge is 0.480 e. The van der Waals surface area contributed by atoms with E-state index in [4.69, 9.17) is 5.11 Å². The zero-order valence-corrected chi connectivity index (χ0v) is 9.76. The number of carboxylic acid groups (broad SMARTS) is 1. The number of carbonyl (C=O) groups is 2. The summed E-state index contributed by atoms with van der Waals surface area (Å²) in [6, 6.07) is 2.40. The molecule has 0 radical (unpaired) electrons. The molecule has 0 aromatic carbocycles. The number of likely N-dealkylation sites (N-methyl/N-ethyl adjacent to an activating group) is 1. The van der Waals surface area contributed by atoms with Gasteiger partial charge in [0.1, 0.15) is 11.8 Å². The Morgan fingerprint density at radius 3 is 2.35 bits per heavy atom. The summed E-state index contributed by atoms with van der Waals surface area (Å²) in [4.78, 5) is 34.7. The highest BCUT2D eigenvalue weighted by atomic mass is 16.4. The average molecular weight is 239 g/mol. The van der Waals surface area contributed by atoms with E-state index >= 15 is 0 Å². The Labute approximate surface area is 97.5 Å². The second kappa shape index (κ2) is 4.40. The van der Waals surface area contributed by atoms with Crippen LogP contribution in [-0.4, -0.2) is 34.5 Å². The molecule has 1 rings (SSSR count). The van der Waals surface area contributed by atoms with Crippen molar-refractivity contribution in [1.29, 1.82) is 0 Å². The van der Waals surface area contributed by atoms with Gasteiger partial charge in [-0.2, -0.15) is 0 Å². The Balaban J connectivity index is 3.02. The first-order valence-corrected chi connectivity index (χ1v) is 4.87. The summed E-state index contributed by atoms with van der Waals surface area (Å²) in [5.41, 5.74) is -1.78. The number of carbonyl (C=O) groups excluding carboxylic acids is 1. The molecule has 1 aromatic rings. The second-order valence-electron chi connectivity index (χ2n) is 4.07. The molecule has 0 fully saturated rings. The molecule has 0 aliphatic carbocycles. The van der Waals surface area contributed by atoms with Gasteiger partial charge < -0.3 is 14.4 Å². The second-order valence-corrected chi connectivity index (χ2v) is 4.07. The van der Waals surface area contributed by atoms with E-state index in [2.05, 4.69) is 4.42 Å². The van der Waals surface area contributed by atoms with Crippen molar-refractivity contribution in [2.24, 2.45) is 0 Å². The molecular weight excluding hydrogens is 226 g/mol. The lowest BCUT2D eigenvalue weighted by Gasteiger charge is -2.31. The number of hydrogen-bond donors (Lipinski definition) is 1. The SMILES string of the molecule is CN(C(=O)c1ccc(=O)oc1)C(C)(C)C(=O)O. The Hall–Kier alpha value is -2.11. The zero-order chi connectivity index (χ0) is 13.2. The van der Waals surface area contributed by atoms with Gasteiger partial charge in [-0.1, -0.05) is 0 Å². The van der Waals surface area contributed by atoms with Gasteiger partial charge in [-0.15, -0.1) is 0 Å². The first kappa shape index (κ1) is 13.0. The van der Waals surface area contributed by atoms with Gasteiger partial charge in [0.2, 0.25) is 0 Å². The van der Waals surface area contributed by atoms with E-state index < -0.39 is 23.0 Å². The molecule has 1 N–H and O–H groups in total. The number of nitrogens with zero attached hydrogens (tertiary/aromatic N) is 1. The summed E-state index contributed by atoms with van der Waals surface area (Å²) in [5.74, 6) is -1.65. The molecule has 1 aromatic heterocycles. The Kier molecular flexibility index (Phi) is 3.36. The molecule has 0 atom stereocenters. The third kappa shape index (κ3) is 2.52. The van der Waals surface area contributed by atoms with Crippen molar-refractivity contribution in [3.63, 3.8) is 0 Å². The van der Waals surface area contributed by atoms with Crippen LogP contribution in [0, 0.1) is 0 Å². The van der Waals surface area contributed by atoms with Crippen LogP contribution in [0.25, 0.3) is 0 Å². The van der Waals surface area contributed by atoms with Crippen molar-refractivity contribution in [3.05, 3.63) is 34.4 Å². The lowest BCUT2D eigenvalue weighted by atomic mass is 10.0. The van der Waals surface area contributed by atoms with Gasteiger partial charge >= 0.3 is 11.6 Å². The molecule has 0 saturated heterocycles. The first-order valence-electron chi connectivity index (χ1n) is 4.87. The minimum atomic E-state index is -1.34. The number of amides is 1. The van der Waals surface area contributed by atoms with Gasteiger partial charge in [-0.3, -0.25) is 4.79 Å².